The Bertz CT molecular complexity index is 607. The molecule has 0 N–H and O–H groups in total. The summed E-state index contributed by atoms with van der Waals surface area (Å²) in [5, 5.41) is 1.41. The van der Waals surface area contributed by atoms with Gasteiger partial charge in [0, 0.05) is 32.3 Å². The van der Waals surface area contributed by atoms with Crippen molar-refractivity contribution in [1.82, 2.24) is 4.57 Å². The number of aromatic nitrogens is 1. The first-order valence-electron chi connectivity index (χ1n) is 5.35. The smallest absolute Gasteiger partial charge is 0.259 e. The van der Waals surface area contributed by atoms with Crippen LogP contribution in [-0.2, 0) is 6.42 Å². The van der Waals surface area contributed by atoms with Gasteiger partial charge in [-0.1, -0.05) is 43.5 Å². The van der Waals surface area contributed by atoms with E-state index in [1.54, 1.807) is 22.9 Å². The number of hydrogen-bond donors (Lipinski definition) is 0. The molecule has 1 aromatic carbocycles. The van der Waals surface area contributed by atoms with E-state index in [9.17, 15) is 4.79 Å². The van der Waals surface area contributed by atoms with Gasteiger partial charge in [-0.3, -0.25) is 9.36 Å². The minimum absolute atomic E-state index is 0.00820. The predicted molar refractivity (Wildman–Crippen MR) is 82.2 cm³/mol. The number of hydrogen-bond acceptors (Lipinski definition) is 1. The zero-order valence-corrected chi connectivity index (χ0v) is 13.3. The van der Waals surface area contributed by atoms with Crippen molar-refractivity contribution >= 4 is 43.5 Å². The van der Waals surface area contributed by atoms with Crippen LogP contribution in [0.5, 0.6) is 0 Å². The van der Waals surface area contributed by atoms with Crippen molar-refractivity contribution in [2.45, 2.75) is 6.42 Å². The maximum atomic E-state index is 12.3. The van der Waals surface area contributed by atoms with E-state index in [0.29, 0.717) is 11.4 Å². The van der Waals surface area contributed by atoms with Gasteiger partial charge in [0.2, 0.25) is 0 Å². The van der Waals surface area contributed by atoms with Gasteiger partial charge in [-0.2, -0.15) is 0 Å². The van der Waals surface area contributed by atoms with Crippen LogP contribution in [0.2, 0.25) is 5.02 Å². The molecule has 0 saturated heterocycles. The van der Waals surface area contributed by atoms with Gasteiger partial charge in [0.15, 0.2) is 0 Å². The lowest BCUT2D eigenvalue weighted by Crippen LogP contribution is -2.22. The molecule has 0 radical (unpaired) electrons. The molecule has 0 aliphatic rings. The summed E-state index contributed by atoms with van der Waals surface area (Å²) in [5.41, 5.74) is 1.57. The Hall–Kier alpha value is -0.580. The van der Waals surface area contributed by atoms with E-state index in [2.05, 4.69) is 31.9 Å². The molecule has 0 atom stereocenters. The molecule has 0 aliphatic heterocycles. The molecule has 0 spiro atoms. The number of alkyl halides is 1. The molecular formula is C13H10Br2ClNO. The highest BCUT2D eigenvalue weighted by molar-refractivity contribution is 9.10. The second-order valence-corrected chi connectivity index (χ2v) is 5.82. The first-order valence-corrected chi connectivity index (χ1v) is 7.64. The predicted octanol–water partition coefficient (Wildman–Crippen LogP) is 4.19. The van der Waals surface area contributed by atoms with Gasteiger partial charge in [-0.05, 0) is 36.8 Å². The normalized spacial score (nSPS) is 10.6. The highest BCUT2D eigenvalue weighted by Crippen LogP contribution is 2.17. The number of pyridine rings is 1. The third-order valence-electron chi connectivity index (χ3n) is 2.58. The molecule has 1 heterocycles. The molecule has 5 heteroatoms. The molecular weight excluding hydrogens is 381 g/mol. The molecule has 2 nitrogen and oxygen atoms in total. The zero-order valence-electron chi connectivity index (χ0n) is 9.37. The molecule has 2 aromatic rings. The monoisotopic (exact) mass is 389 g/mol. The summed E-state index contributed by atoms with van der Waals surface area (Å²) in [6, 6.07) is 9.09. The van der Waals surface area contributed by atoms with Gasteiger partial charge in [-0.15, -0.1) is 0 Å². The van der Waals surface area contributed by atoms with E-state index in [-0.39, 0.29) is 5.56 Å². The highest BCUT2D eigenvalue weighted by Gasteiger charge is 2.08. The largest absolute Gasteiger partial charge is 0.284 e. The summed E-state index contributed by atoms with van der Waals surface area (Å²) in [6.07, 6.45) is 2.45. The lowest BCUT2D eigenvalue weighted by molar-refractivity contribution is 0.937. The molecule has 0 unspecified atom stereocenters. The Balaban J connectivity index is 2.55. The fourth-order valence-electron chi connectivity index (χ4n) is 1.68. The number of rotatable bonds is 3. The quantitative estimate of drug-likeness (QED) is 0.719. The van der Waals surface area contributed by atoms with E-state index in [1.165, 1.54) is 0 Å². The van der Waals surface area contributed by atoms with Gasteiger partial charge in [0.05, 0.1) is 0 Å². The fourth-order valence-corrected chi connectivity index (χ4v) is 2.69. The van der Waals surface area contributed by atoms with Crippen LogP contribution in [0.25, 0.3) is 5.69 Å². The SMILES string of the molecule is O=c1c(CCBr)c(Br)ccn1-c1ccc(Cl)cc1. The summed E-state index contributed by atoms with van der Waals surface area (Å²) >= 11 is 12.6. The number of benzene rings is 1. The Morgan fingerprint density at radius 2 is 1.83 bits per heavy atom. The van der Waals surface area contributed by atoms with Crippen LogP contribution in [0.3, 0.4) is 0 Å². The zero-order chi connectivity index (χ0) is 13.1. The molecule has 18 heavy (non-hydrogen) atoms. The lowest BCUT2D eigenvalue weighted by Gasteiger charge is -2.09. The van der Waals surface area contributed by atoms with Crippen molar-refractivity contribution in [2.75, 3.05) is 5.33 Å². The van der Waals surface area contributed by atoms with Gasteiger partial charge in [-0.25, -0.2) is 0 Å². The second kappa shape index (κ2) is 6.04. The molecule has 1 aromatic heterocycles. The van der Waals surface area contributed by atoms with Crippen molar-refractivity contribution in [2.24, 2.45) is 0 Å². The first kappa shape index (κ1) is 13.8. The molecule has 0 amide bonds. The highest BCUT2D eigenvalue weighted by atomic mass is 79.9. The van der Waals surface area contributed by atoms with E-state index < -0.39 is 0 Å². The summed E-state index contributed by atoms with van der Waals surface area (Å²) < 4.78 is 2.47. The van der Waals surface area contributed by atoms with Gasteiger partial charge >= 0.3 is 0 Å². The second-order valence-electron chi connectivity index (χ2n) is 3.73. The van der Waals surface area contributed by atoms with Crippen LogP contribution in [0.4, 0.5) is 0 Å². The molecule has 0 fully saturated rings. The van der Waals surface area contributed by atoms with Gasteiger partial charge in [0.25, 0.3) is 5.56 Å². The van der Waals surface area contributed by atoms with Crippen molar-refractivity contribution in [3.63, 3.8) is 0 Å². The Kier molecular flexibility index (Phi) is 4.65. The Morgan fingerprint density at radius 3 is 2.44 bits per heavy atom. The van der Waals surface area contributed by atoms with Crippen LogP contribution < -0.4 is 5.56 Å². The first-order chi connectivity index (χ1) is 8.63. The third kappa shape index (κ3) is 2.87. The van der Waals surface area contributed by atoms with E-state index >= 15 is 0 Å². The molecule has 2 rings (SSSR count). The minimum atomic E-state index is -0.00820. The molecule has 0 aliphatic carbocycles. The van der Waals surface area contributed by atoms with E-state index in [0.717, 1.165) is 21.1 Å². The average Bonchev–Trinajstić information content (AvgIpc) is 2.36. The topological polar surface area (TPSA) is 22.0 Å². The standard InChI is InChI=1S/C13H10Br2ClNO/c14-7-5-11-12(15)6-8-17(13(11)18)10-3-1-9(16)2-4-10/h1-4,6,8H,5,7H2. The maximum Gasteiger partial charge on any atom is 0.259 e. The molecule has 0 bridgehead atoms. The molecule has 94 valence electrons. The summed E-state index contributed by atoms with van der Waals surface area (Å²) in [6.45, 7) is 0. The van der Waals surface area contributed by atoms with Crippen LogP contribution in [0, 0.1) is 0 Å². The Morgan fingerprint density at radius 1 is 1.17 bits per heavy atom. The summed E-state index contributed by atoms with van der Waals surface area (Å²) in [5.74, 6) is 0. The average molecular weight is 391 g/mol. The Labute approximate surface area is 127 Å². The van der Waals surface area contributed by atoms with Crippen molar-refractivity contribution in [3.05, 3.63) is 61.9 Å². The van der Waals surface area contributed by atoms with Crippen molar-refractivity contribution in [3.8, 4) is 5.69 Å². The number of halogens is 3. The lowest BCUT2D eigenvalue weighted by atomic mass is 10.2. The van der Waals surface area contributed by atoms with Crippen LogP contribution >= 0.6 is 43.5 Å². The van der Waals surface area contributed by atoms with Crippen molar-refractivity contribution in [1.29, 1.82) is 0 Å². The molecule has 0 saturated carbocycles. The van der Waals surface area contributed by atoms with Crippen LogP contribution in [-0.4, -0.2) is 9.90 Å². The summed E-state index contributed by atoms with van der Waals surface area (Å²) in [7, 11) is 0. The third-order valence-corrected chi connectivity index (χ3v) is 3.98. The minimum Gasteiger partial charge on any atom is -0.284 e. The van der Waals surface area contributed by atoms with Gasteiger partial charge in [0.1, 0.15) is 0 Å². The maximum absolute atomic E-state index is 12.3. The summed E-state index contributed by atoms with van der Waals surface area (Å²) in [4.78, 5) is 12.3. The van der Waals surface area contributed by atoms with Gasteiger partial charge < -0.3 is 0 Å². The van der Waals surface area contributed by atoms with E-state index in [4.69, 9.17) is 11.6 Å². The number of nitrogens with zero attached hydrogens (tertiary/aromatic N) is 1. The van der Waals surface area contributed by atoms with Crippen molar-refractivity contribution < 1.29 is 0 Å². The van der Waals surface area contributed by atoms with Crippen LogP contribution in [0.1, 0.15) is 5.56 Å². The van der Waals surface area contributed by atoms with Crippen LogP contribution in [0.15, 0.2) is 45.8 Å². The van der Waals surface area contributed by atoms with E-state index in [1.807, 2.05) is 18.2 Å². The fraction of sp³-hybridized carbons (Fsp3) is 0.154.